The highest BCUT2D eigenvalue weighted by Crippen LogP contribution is 2.10. The van der Waals surface area contributed by atoms with E-state index in [1.165, 1.54) is 10.6 Å². The van der Waals surface area contributed by atoms with Crippen molar-refractivity contribution in [3.8, 4) is 0 Å². The molecule has 0 fully saturated rings. The molecule has 0 aliphatic heterocycles. The van der Waals surface area contributed by atoms with Crippen LogP contribution in [0.2, 0.25) is 0 Å². The second-order valence-electron chi connectivity index (χ2n) is 4.92. The predicted molar refractivity (Wildman–Crippen MR) is 89.8 cm³/mol. The number of nitrogens with one attached hydrogen (secondary N) is 1. The van der Waals surface area contributed by atoms with Gasteiger partial charge < -0.3 is 11.1 Å². The van der Waals surface area contributed by atoms with Crippen LogP contribution in [0.4, 0.5) is 0 Å². The van der Waals surface area contributed by atoms with Crippen molar-refractivity contribution in [3.05, 3.63) is 52.0 Å². The lowest BCUT2D eigenvalue weighted by Crippen LogP contribution is -2.33. The van der Waals surface area contributed by atoms with Crippen LogP contribution in [0.5, 0.6) is 0 Å². The zero-order valence-corrected chi connectivity index (χ0v) is 13.2. The van der Waals surface area contributed by atoms with Crippen molar-refractivity contribution in [2.45, 2.75) is 26.2 Å². The second kappa shape index (κ2) is 8.42. The SMILES string of the molecule is Cc1csc(CCCN=C(N)NCCc2ccccc2)n1. The van der Waals surface area contributed by atoms with E-state index in [4.69, 9.17) is 5.73 Å². The van der Waals surface area contributed by atoms with Crippen LogP contribution < -0.4 is 11.1 Å². The average molecular weight is 302 g/mol. The molecule has 0 saturated carbocycles. The molecule has 2 aromatic rings. The van der Waals surface area contributed by atoms with Gasteiger partial charge >= 0.3 is 0 Å². The molecule has 0 unspecified atom stereocenters. The summed E-state index contributed by atoms with van der Waals surface area (Å²) in [6.45, 7) is 3.57. The van der Waals surface area contributed by atoms with E-state index in [0.717, 1.165) is 38.0 Å². The van der Waals surface area contributed by atoms with Gasteiger partial charge in [0.1, 0.15) is 0 Å². The number of aliphatic imine (C=N–C) groups is 1. The Balaban J connectivity index is 1.60. The smallest absolute Gasteiger partial charge is 0.188 e. The molecule has 112 valence electrons. The molecule has 0 saturated heterocycles. The molecule has 0 amide bonds. The predicted octanol–water partition coefficient (Wildman–Crippen LogP) is 2.53. The minimum Gasteiger partial charge on any atom is -0.370 e. The highest BCUT2D eigenvalue weighted by molar-refractivity contribution is 7.09. The van der Waals surface area contributed by atoms with Crippen molar-refractivity contribution in [1.29, 1.82) is 0 Å². The van der Waals surface area contributed by atoms with Crippen LogP contribution in [0.25, 0.3) is 0 Å². The first-order chi connectivity index (χ1) is 10.2. The topological polar surface area (TPSA) is 63.3 Å². The van der Waals surface area contributed by atoms with Crippen LogP contribution in [0.3, 0.4) is 0 Å². The first-order valence-electron chi connectivity index (χ1n) is 7.23. The first kappa shape index (κ1) is 15.5. The maximum atomic E-state index is 5.85. The van der Waals surface area contributed by atoms with E-state index in [0.29, 0.717) is 5.96 Å². The standard InChI is InChI=1S/C16H22N4S/c1-13-12-21-15(20-13)8-5-10-18-16(17)19-11-9-14-6-3-2-4-7-14/h2-4,6-7,12H,5,8-11H2,1H3,(H3,17,18,19). The van der Waals surface area contributed by atoms with Crippen LogP contribution in [-0.4, -0.2) is 24.0 Å². The highest BCUT2D eigenvalue weighted by atomic mass is 32.1. The van der Waals surface area contributed by atoms with E-state index in [9.17, 15) is 0 Å². The van der Waals surface area contributed by atoms with Gasteiger partial charge in [-0.3, -0.25) is 4.99 Å². The minimum absolute atomic E-state index is 0.529. The molecule has 21 heavy (non-hydrogen) atoms. The van der Waals surface area contributed by atoms with Crippen LogP contribution in [0.15, 0.2) is 40.7 Å². The van der Waals surface area contributed by atoms with Crippen LogP contribution >= 0.6 is 11.3 Å². The van der Waals surface area contributed by atoms with Gasteiger partial charge in [0.2, 0.25) is 0 Å². The lowest BCUT2D eigenvalue weighted by Gasteiger charge is -2.05. The fourth-order valence-electron chi connectivity index (χ4n) is 1.98. The molecule has 0 atom stereocenters. The Morgan fingerprint density at radius 3 is 2.81 bits per heavy atom. The number of thiazole rings is 1. The van der Waals surface area contributed by atoms with Gasteiger partial charge in [-0.2, -0.15) is 0 Å². The zero-order chi connectivity index (χ0) is 14.9. The summed E-state index contributed by atoms with van der Waals surface area (Å²) in [7, 11) is 0. The molecule has 1 aromatic carbocycles. The van der Waals surface area contributed by atoms with Crippen LogP contribution in [0.1, 0.15) is 22.7 Å². The number of guanidine groups is 1. The third kappa shape index (κ3) is 5.95. The number of rotatable bonds is 7. The van der Waals surface area contributed by atoms with E-state index in [1.807, 2.05) is 25.1 Å². The van der Waals surface area contributed by atoms with Gasteiger partial charge in [0.05, 0.1) is 5.01 Å². The van der Waals surface area contributed by atoms with E-state index in [2.05, 4.69) is 32.8 Å². The molecular weight excluding hydrogens is 280 g/mol. The maximum Gasteiger partial charge on any atom is 0.188 e. The van der Waals surface area contributed by atoms with E-state index >= 15 is 0 Å². The fraction of sp³-hybridized carbons (Fsp3) is 0.375. The minimum atomic E-state index is 0.529. The molecule has 4 nitrogen and oxygen atoms in total. The van der Waals surface area contributed by atoms with Crippen LogP contribution in [0, 0.1) is 6.92 Å². The van der Waals surface area contributed by atoms with E-state index in [1.54, 1.807) is 11.3 Å². The number of aromatic nitrogens is 1. The highest BCUT2D eigenvalue weighted by Gasteiger charge is 1.98. The van der Waals surface area contributed by atoms with Gasteiger partial charge in [-0.25, -0.2) is 4.98 Å². The van der Waals surface area contributed by atoms with Gasteiger partial charge in [-0.1, -0.05) is 30.3 Å². The first-order valence-corrected chi connectivity index (χ1v) is 8.11. The largest absolute Gasteiger partial charge is 0.370 e. The third-order valence-corrected chi connectivity index (χ3v) is 4.09. The van der Waals surface area contributed by atoms with Crippen LogP contribution in [-0.2, 0) is 12.8 Å². The second-order valence-corrected chi connectivity index (χ2v) is 5.86. The molecule has 0 bridgehead atoms. The molecule has 0 aliphatic rings. The number of hydrogen-bond acceptors (Lipinski definition) is 3. The number of nitrogens with zero attached hydrogens (tertiary/aromatic N) is 2. The zero-order valence-electron chi connectivity index (χ0n) is 12.4. The van der Waals surface area contributed by atoms with Gasteiger partial charge in [-0.05, 0) is 25.3 Å². The summed E-state index contributed by atoms with van der Waals surface area (Å²) in [5, 5.41) is 6.41. The van der Waals surface area contributed by atoms with Crippen molar-refractivity contribution in [1.82, 2.24) is 10.3 Å². The summed E-state index contributed by atoms with van der Waals surface area (Å²) in [6, 6.07) is 10.4. The normalized spacial score (nSPS) is 11.6. The molecule has 1 aromatic heterocycles. The van der Waals surface area contributed by atoms with E-state index < -0.39 is 0 Å². The van der Waals surface area contributed by atoms with Gasteiger partial charge in [0.25, 0.3) is 0 Å². The Kier molecular flexibility index (Phi) is 6.22. The van der Waals surface area contributed by atoms with Crippen molar-refractivity contribution in [3.63, 3.8) is 0 Å². The third-order valence-electron chi connectivity index (χ3n) is 3.06. The molecular formula is C16H22N4S. The maximum absolute atomic E-state index is 5.85. The molecule has 0 spiro atoms. The molecule has 1 heterocycles. The number of benzene rings is 1. The van der Waals surface area contributed by atoms with Crippen molar-refractivity contribution in [2.24, 2.45) is 10.7 Å². The Morgan fingerprint density at radius 2 is 2.10 bits per heavy atom. The lowest BCUT2D eigenvalue weighted by molar-refractivity contribution is 0.802. The molecule has 0 aliphatic carbocycles. The summed E-state index contributed by atoms with van der Waals surface area (Å²) in [4.78, 5) is 8.77. The summed E-state index contributed by atoms with van der Waals surface area (Å²) in [6.07, 6.45) is 2.91. The van der Waals surface area contributed by atoms with Crippen molar-refractivity contribution >= 4 is 17.3 Å². The Labute approximate surface area is 130 Å². The Morgan fingerprint density at radius 1 is 1.29 bits per heavy atom. The molecule has 3 N–H and O–H groups in total. The van der Waals surface area contributed by atoms with Crippen molar-refractivity contribution < 1.29 is 0 Å². The molecule has 0 radical (unpaired) electrons. The average Bonchev–Trinajstić information content (AvgIpc) is 2.90. The lowest BCUT2D eigenvalue weighted by atomic mass is 10.1. The summed E-state index contributed by atoms with van der Waals surface area (Å²) >= 11 is 1.71. The van der Waals surface area contributed by atoms with Crippen molar-refractivity contribution in [2.75, 3.05) is 13.1 Å². The number of nitrogens with two attached hydrogens (primary N) is 1. The number of hydrogen-bond donors (Lipinski definition) is 2. The Bertz CT molecular complexity index is 563. The van der Waals surface area contributed by atoms with Gasteiger partial charge in [0, 0.05) is 30.6 Å². The van der Waals surface area contributed by atoms with Gasteiger partial charge in [0.15, 0.2) is 5.96 Å². The number of aryl methyl sites for hydroxylation is 2. The van der Waals surface area contributed by atoms with Gasteiger partial charge in [-0.15, -0.1) is 11.3 Å². The summed E-state index contributed by atoms with van der Waals surface area (Å²) in [5.74, 6) is 0.529. The summed E-state index contributed by atoms with van der Waals surface area (Å²) < 4.78 is 0. The summed E-state index contributed by atoms with van der Waals surface area (Å²) in [5.41, 5.74) is 8.25. The monoisotopic (exact) mass is 302 g/mol. The molecule has 5 heteroatoms. The van der Waals surface area contributed by atoms with E-state index in [-0.39, 0.29) is 0 Å². The quantitative estimate of drug-likeness (QED) is 0.469. The molecule has 2 rings (SSSR count). The Hall–Kier alpha value is -1.88. The fourth-order valence-corrected chi connectivity index (χ4v) is 2.80.